The first-order valence-corrected chi connectivity index (χ1v) is 7.04. The Morgan fingerprint density at radius 3 is 2.94 bits per heavy atom. The number of nitrogens with zero attached hydrogens (tertiary/aromatic N) is 1. The number of hydrogen-bond acceptors (Lipinski definition) is 4. The van der Waals surface area contributed by atoms with Gasteiger partial charge in [0.05, 0.1) is 5.03 Å². The van der Waals surface area contributed by atoms with E-state index in [0.717, 1.165) is 36.9 Å². The molecule has 96 valence electrons. The van der Waals surface area contributed by atoms with Crippen molar-refractivity contribution < 1.29 is 4.74 Å². The monoisotopic (exact) mass is 254 g/mol. The second-order valence-electron chi connectivity index (χ2n) is 3.94. The maximum Gasteiger partial charge on any atom is 0.0989 e. The van der Waals surface area contributed by atoms with Crippen LogP contribution in [0.2, 0.25) is 0 Å². The standard InChI is InChI=1S/C13H22N2OS/c1-4-14-9-12-8-11(2)13(15-10-12)17-7-5-6-16-3/h8,10,14H,4-7,9H2,1-3H3. The topological polar surface area (TPSA) is 34.2 Å². The summed E-state index contributed by atoms with van der Waals surface area (Å²) in [5.41, 5.74) is 2.52. The molecule has 0 aliphatic heterocycles. The molecule has 0 aromatic carbocycles. The van der Waals surface area contributed by atoms with Crippen LogP contribution in [-0.2, 0) is 11.3 Å². The summed E-state index contributed by atoms with van der Waals surface area (Å²) >= 11 is 1.81. The van der Waals surface area contributed by atoms with Crippen molar-refractivity contribution in [2.24, 2.45) is 0 Å². The molecule has 1 aromatic heterocycles. The summed E-state index contributed by atoms with van der Waals surface area (Å²) < 4.78 is 5.03. The Kier molecular flexibility index (Phi) is 7.24. The third-order valence-corrected chi connectivity index (χ3v) is 3.59. The zero-order valence-electron chi connectivity index (χ0n) is 11.0. The van der Waals surface area contributed by atoms with E-state index in [2.05, 4.69) is 30.2 Å². The molecule has 0 saturated heterocycles. The van der Waals surface area contributed by atoms with E-state index in [1.54, 1.807) is 7.11 Å². The SMILES string of the molecule is CCNCc1cnc(SCCCOC)c(C)c1. The molecule has 0 amide bonds. The summed E-state index contributed by atoms with van der Waals surface area (Å²) in [5.74, 6) is 1.06. The van der Waals surface area contributed by atoms with Crippen molar-refractivity contribution in [3.8, 4) is 0 Å². The Morgan fingerprint density at radius 2 is 2.29 bits per heavy atom. The highest BCUT2D eigenvalue weighted by Gasteiger charge is 2.02. The molecule has 0 spiro atoms. The largest absolute Gasteiger partial charge is 0.385 e. The van der Waals surface area contributed by atoms with E-state index >= 15 is 0 Å². The van der Waals surface area contributed by atoms with Crippen LogP contribution in [0.3, 0.4) is 0 Å². The van der Waals surface area contributed by atoms with Crippen LogP contribution in [0.15, 0.2) is 17.3 Å². The number of nitrogens with one attached hydrogen (secondary N) is 1. The number of ether oxygens (including phenoxy) is 1. The Morgan fingerprint density at radius 1 is 1.47 bits per heavy atom. The van der Waals surface area contributed by atoms with Crippen molar-refractivity contribution in [1.82, 2.24) is 10.3 Å². The third-order valence-electron chi connectivity index (χ3n) is 2.40. The molecule has 1 aromatic rings. The summed E-state index contributed by atoms with van der Waals surface area (Å²) in [5, 5.41) is 4.45. The first-order valence-electron chi connectivity index (χ1n) is 6.06. The fraction of sp³-hybridized carbons (Fsp3) is 0.615. The molecular formula is C13H22N2OS. The Labute approximate surface area is 108 Å². The first-order chi connectivity index (χ1) is 8.27. The average molecular weight is 254 g/mol. The Bertz CT molecular complexity index is 331. The number of aromatic nitrogens is 1. The molecule has 0 saturated carbocycles. The molecular weight excluding hydrogens is 232 g/mol. The van der Waals surface area contributed by atoms with Gasteiger partial charge in [-0.15, -0.1) is 11.8 Å². The van der Waals surface area contributed by atoms with Crippen molar-refractivity contribution >= 4 is 11.8 Å². The van der Waals surface area contributed by atoms with Crippen molar-refractivity contribution in [2.75, 3.05) is 26.0 Å². The van der Waals surface area contributed by atoms with Crippen molar-refractivity contribution in [2.45, 2.75) is 31.8 Å². The lowest BCUT2D eigenvalue weighted by Gasteiger charge is -2.07. The molecule has 3 nitrogen and oxygen atoms in total. The minimum atomic E-state index is 0.824. The summed E-state index contributed by atoms with van der Waals surface area (Å²) in [6.45, 7) is 6.96. The van der Waals surface area contributed by atoms with Gasteiger partial charge < -0.3 is 10.1 Å². The van der Waals surface area contributed by atoms with Crippen LogP contribution in [0, 0.1) is 6.92 Å². The molecule has 0 aliphatic carbocycles. The van der Waals surface area contributed by atoms with Crippen LogP contribution in [0.1, 0.15) is 24.5 Å². The van der Waals surface area contributed by atoms with E-state index in [1.165, 1.54) is 11.1 Å². The third kappa shape index (κ3) is 5.52. The van der Waals surface area contributed by atoms with E-state index in [1.807, 2.05) is 18.0 Å². The van der Waals surface area contributed by atoms with Gasteiger partial charge in [-0.3, -0.25) is 0 Å². The second-order valence-corrected chi connectivity index (χ2v) is 5.02. The molecule has 17 heavy (non-hydrogen) atoms. The Balaban J connectivity index is 2.45. The van der Waals surface area contributed by atoms with Crippen molar-refractivity contribution in [1.29, 1.82) is 0 Å². The minimum Gasteiger partial charge on any atom is -0.385 e. The van der Waals surface area contributed by atoms with Gasteiger partial charge in [-0.1, -0.05) is 13.0 Å². The van der Waals surface area contributed by atoms with E-state index in [-0.39, 0.29) is 0 Å². The maximum absolute atomic E-state index is 5.03. The Hall–Kier alpha value is -0.580. The molecule has 0 radical (unpaired) electrons. The smallest absolute Gasteiger partial charge is 0.0989 e. The predicted molar refractivity (Wildman–Crippen MR) is 73.6 cm³/mol. The van der Waals surface area contributed by atoms with Gasteiger partial charge in [0, 0.05) is 32.2 Å². The molecule has 0 unspecified atom stereocenters. The molecule has 4 heteroatoms. The number of aryl methyl sites for hydroxylation is 1. The normalized spacial score (nSPS) is 10.8. The fourth-order valence-corrected chi connectivity index (χ4v) is 2.38. The van der Waals surface area contributed by atoms with Crippen molar-refractivity contribution in [3.05, 3.63) is 23.4 Å². The molecule has 1 heterocycles. The number of pyridine rings is 1. The number of methoxy groups -OCH3 is 1. The number of rotatable bonds is 8. The number of hydrogen-bond donors (Lipinski definition) is 1. The minimum absolute atomic E-state index is 0.824. The van der Waals surface area contributed by atoms with Gasteiger partial charge in [0.25, 0.3) is 0 Å². The molecule has 0 aliphatic rings. The highest BCUT2D eigenvalue weighted by Crippen LogP contribution is 2.21. The van der Waals surface area contributed by atoms with E-state index in [0.29, 0.717) is 0 Å². The number of thioether (sulfide) groups is 1. The van der Waals surface area contributed by atoms with Gasteiger partial charge in [-0.2, -0.15) is 0 Å². The van der Waals surface area contributed by atoms with Gasteiger partial charge in [0.1, 0.15) is 0 Å². The maximum atomic E-state index is 5.03. The summed E-state index contributed by atoms with van der Waals surface area (Å²) in [7, 11) is 1.74. The molecule has 0 bridgehead atoms. The van der Waals surface area contributed by atoms with Crippen LogP contribution < -0.4 is 5.32 Å². The average Bonchev–Trinajstić information content (AvgIpc) is 2.34. The van der Waals surface area contributed by atoms with Crippen LogP contribution in [0.4, 0.5) is 0 Å². The lowest BCUT2D eigenvalue weighted by Crippen LogP contribution is -2.12. The van der Waals surface area contributed by atoms with E-state index in [9.17, 15) is 0 Å². The van der Waals surface area contributed by atoms with Crippen LogP contribution >= 0.6 is 11.8 Å². The highest BCUT2D eigenvalue weighted by atomic mass is 32.2. The first kappa shape index (κ1) is 14.5. The lowest BCUT2D eigenvalue weighted by atomic mass is 10.2. The summed E-state index contributed by atoms with van der Waals surface area (Å²) in [4.78, 5) is 4.51. The van der Waals surface area contributed by atoms with E-state index < -0.39 is 0 Å². The van der Waals surface area contributed by atoms with Gasteiger partial charge in [-0.05, 0) is 31.0 Å². The zero-order chi connectivity index (χ0) is 12.5. The van der Waals surface area contributed by atoms with E-state index in [4.69, 9.17) is 4.74 Å². The van der Waals surface area contributed by atoms with Gasteiger partial charge in [0.15, 0.2) is 0 Å². The predicted octanol–water partition coefficient (Wildman–Crippen LogP) is 2.63. The molecule has 0 fully saturated rings. The lowest BCUT2D eigenvalue weighted by molar-refractivity contribution is 0.200. The molecule has 0 atom stereocenters. The fourth-order valence-electron chi connectivity index (χ4n) is 1.51. The van der Waals surface area contributed by atoms with Crippen LogP contribution in [-0.4, -0.2) is 31.0 Å². The van der Waals surface area contributed by atoms with Crippen LogP contribution in [0.5, 0.6) is 0 Å². The molecule has 1 rings (SSSR count). The summed E-state index contributed by atoms with van der Waals surface area (Å²) in [6.07, 6.45) is 3.04. The van der Waals surface area contributed by atoms with Crippen LogP contribution in [0.25, 0.3) is 0 Å². The van der Waals surface area contributed by atoms with Gasteiger partial charge in [-0.25, -0.2) is 4.98 Å². The van der Waals surface area contributed by atoms with Gasteiger partial charge in [0.2, 0.25) is 0 Å². The zero-order valence-corrected chi connectivity index (χ0v) is 11.8. The van der Waals surface area contributed by atoms with Gasteiger partial charge >= 0.3 is 0 Å². The second kappa shape index (κ2) is 8.50. The van der Waals surface area contributed by atoms with Crippen molar-refractivity contribution in [3.63, 3.8) is 0 Å². The highest BCUT2D eigenvalue weighted by molar-refractivity contribution is 7.99. The summed E-state index contributed by atoms with van der Waals surface area (Å²) in [6, 6.07) is 2.22. The molecule has 1 N–H and O–H groups in total. The quantitative estimate of drug-likeness (QED) is 0.571.